The third kappa shape index (κ3) is 7.87. The molecule has 3 N–H and O–H groups in total. The first-order chi connectivity index (χ1) is 16.1. The number of aromatic hydroxyl groups is 1. The Labute approximate surface area is 209 Å². The van der Waals surface area contributed by atoms with Crippen molar-refractivity contribution in [3.05, 3.63) is 29.3 Å². The van der Waals surface area contributed by atoms with Crippen LogP contribution in [0.3, 0.4) is 0 Å². The number of carbonyl (C=O) groups is 3. The molecule has 0 saturated heterocycles. The SMILES string of the molecule is CCC(C)C(NC(=O)OC(C)(C)C)C(=O)N(C1CC1)C(C(=O)NC(C)(C)C)c1cccc(C)c1O. The van der Waals surface area contributed by atoms with E-state index in [-0.39, 0.29) is 29.5 Å². The van der Waals surface area contributed by atoms with Crippen LogP contribution in [-0.2, 0) is 14.3 Å². The summed E-state index contributed by atoms with van der Waals surface area (Å²) in [6.45, 7) is 16.5. The van der Waals surface area contributed by atoms with Gasteiger partial charge in [0, 0.05) is 17.1 Å². The van der Waals surface area contributed by atoms with Crippen LogP contribution in [-0.4, -0.2) is 51.1 Å². The highest BCUT2D eigenvalue weighted by atomic mass is 16.6. The van der Waals surface area contributed by atoms with Gasteiger partial charge in [-0.05, 0) is 72.8 Å². The number of amides is 3. The van der Waals surface area contributed by atoms with Gasteiger partial charge in [0.2, 0.25) is 11.8 Å². The first kappa shape index (κ1) is 28.5. The number of rotatable bonds is 8. The molecule has 35 heavy (non-hydrogen) atoms. The van der Waals surface area contributed by atoms with Gasteiger partial charge in [0.25, 0.3) is 0 Å². The number of aryl methyl sites for hydroxylation is 1. The van der Waals surface area contributed by atoms with Gasteiger partial charge in [-0.3, -0.25) is 9.59 Å². The molecule has 1 aromatic carbocycles. The van der Waals surface area contributed by atoms with Crippen LogP contribution in [0.2, 0.25) is 0 Å². The summed E-state index contributed by atoms with van der Waals surface area (Å²) in [6.07, 6.45) is 1.45. The number of nitrogens with one attached hydrogen (secondary N) is 2. The molecule has 3 amide bonds. The number of nitrogens with zero attached hydrogens (tertiary/aromatic N) is 1. The molecule has 8 nitrogen and oxygen atoms in total. The summed E-state index contributed by atoms with van der Waals surface area (Å²) in [7, 11) is 0. The fourth-order valence-electron chi connectivity index (χ4n) is 3.91. The Morgan fingerprint density at radius 1 is 1.14 bits per heavy atom. The van der Waals surface area contributed by atoms with Gasteiger partial charge >= 0.3 is 6.09 Å². The zero-order valence-corrected chi connectivity index (χ0v) is 22.7. The van der Waals surface area contributed by atoms with Crippen molar-refractivity contribution in [3.8, 4) is 5.75 Å². The van der Waals surface area contributed by atoms with Gasteiger partial charge in [0.1, 0.15) is 23.4 Å². The third-order valence-electron chi connectivity index (χ3n) is 5.93. The molecule has 1 fully saturated rings. The zero-order chi connectivity index (χ0) is 26.7. The lowest BCUT2D eigenvalue weighted by atomic mass is 9.94. The second-order valence-corrected chi connectivity index (χ2v) is 11.6. The number of carbonyl (C=O) groups excluding carboxylic acids is 3. The van der Waals surface area contributed by atoms with E-state index in [1.54, 1.807) is 50.8 Å². The lowest BCUT2D eigenvalue weighted by Gasteiger charge is -2.37. The van der Waals surface area contributed by atoms with Crippen molar-refractivity contribution in [3.63, 3.8) is 0 Å². The second-order valence-electron chi connectivity index (χ2n) is 11.6. The Morgan fingerprint density at radius 2 is 1.74 bits per heavy atom. The standard InChI is InChI=1S/C27H43N3O5/c1-10-16(2)20(28-25(34)35-27(7,8)9)24(33)30(18-14-15-18)21(23(32)29-26(4,5)6)19-13-11-12-17(3)22(19)31/h11-13,16,18,20-21,31H,10,14-15H2,1-9H3,(H,28,34)(H,29,32). The minimum atomic E-state index is -1.04. The van der Waals surface area contributed by atoms with Crippen molar-refractivity contribution in [2.45, 2.75) is 111 Å². The summed E-state index contributed by atoms with van der Waals surface area (Å²) in [4.78, 5) is 41.9. The maximum absolute atomic E-state index is 14.1. The van der Waals surface area contributed by atoms with Gasteiger partial charge in [0.05, 0.1) is 0 Å². The lowest BCUT2D eigenvalue weighted by Crippen LogP contribution is -2.57. The van der Waals surface area contributed by atoms with Gasteiger partial charge in [-0.25, -0.2) is 4.79 Å². The number of phenolic OH excluding ortho intramolecular Hbond substituents is 1. The minimum absolute atomic E-state index is 0.0137. The van der Waals surface area contributed by atoms with Crippen molar-refractivity contribution in [1.82, 2.24) is 15.5 Å². The smallest absolute Gasteiger partial charge is 0.408 e. The van der Waals surface area contributed by atoms with Gasteiger partial charge in [-0.2, -0.15) is 0 Å². The normalized spacial score (nSPS) is 16.6. The second kappa shape index (κ2) is 10.9. The van der Waals surface area contributed by atoms with E-state index in [9.17, 15) is 19.5 Å². The van der Waals surface area contributed by atoms with Gasteiger partial charge in [-0.15, -0.1) is 0 Å². The third-order valence-corrected chi connectivity index (χ3v) is 5.93. The van der Waals surface area contributed by atoms with E-state index in [1.807, 2.05) is 34.6 Å². The van der Waals surface area contributed by atoms with Gasteiger partial charge in [0.15, 0.2) is 0 Å². The molecule has 196 valence electrons. The highest BCUT2D eigenvalue weighted by Gasteiger charge is 2.46. The van der Waals surface area contributed by atoms with Gasteiger partial charge in [-0.1, -0.05) is 38.5 Å². The lowest BCUT2D eigenvalue weighted by molar-refractivity contribution is -0.144. The molecular formula is C27H43N3O5. The average molecular weight is 490 g/mol. The Bertz CT molecular complexity index is 928. The molecule has 0 bridgehead atoms. The van der Waals surface area contributed by atoms with Crippen LogP contribution in [0.25, 0.3) is 0 Å². The summed E-state index contributed by atoms with van der Waals surface area (Å²) in [5, 5.41) is 16.6. The predicted molar refractivity (Wildman–Crippen MR) is 136 cm³/mol. The Balaban J connectivity index is 2.54. The van der Waals surface area contributed by atoms with E-state index in [2.05, 4.69) is 10.6 Å². The highest BCUT2D eigenvalue weighted by molar-refractivity contribution is 5.93. The number of hydrogen-bond donors (Lipinski definition) is 3. The summed E-state index contributed by atoms with van der Waals surface area (Å²) in [5.41, 5.74) is -0.277. The van der Waals surface area contributed by atoms with Crippen molar-refractivity contribution < 1.29 is 24.2 Å². The number of ether oxygens (including phenoxy) is 1. The van der Waals surface area contributed by atoms with E-state index in [0.29, 0.717) is 17.5 Å². The van der Waals surface area contributed by atoms with Crippen LogP contribution >= 0.6 is 0 Å². The number of phenols is 1. The summed E-state index contributed by atoms with van der Waals surface area (Å²) in [6, 6.07) is 3.12. The molecule has 3 atom stereocenters. The average Bonchev–Trinajstić information content (AvgIpc) is 3.54. The van der Waals surface area contributed by atoms with Crippen LogP contribution in [0, 0.1) is 12.8 Å². The van der Waals surface area contributed by atoms with Crippen molar-refractivity contribution in [2.75, 3.05) is 0 Å². The van der Waals surface area contributed by atoms with Crippen LogP contribution in [0.1, 0.15) is 91.8 Å². The summed E-state index contributed by atoms with van der Waals surface area (Å²) >= 11 is 0. The van der Waals surface area contributed by atoms with E-state index in [0.717, 1.165) is 12.8 Å². The minimum Gasteiger partial charge on any atom is -0.507 e. The van der Waals surface area contributed by atoms with Crippen LogP contribution in [0.5, 0.6) is 5.75 Å². The van der Waals surface area contributed by atoms with E-state index >= 15 is 0 Å². The number of hydrogen-bond acceptors (Lipinski definition) is 5. The Hall–Kier alpha value is -2.77. The highest BCUT2D eigenvalue weighted by Crippen LogP contribution is 2.39. The van der Waals surface area contributed by atoms with Crippen LogP contribution < -0.4 is 10.6 Å². The van der Waals surface area contributed by atoms with E-state index < -0.39 is 29.3 Å². The first-order valence-corrected chi connectivity index (χ1v) is 12.5. The molecule has 0 aromatic heterocycles. The topological polar surface area (TPSA) is 108 Å². The summed E-state index contributed by atoms with van der Waals surface area (Å²) < 4.78 is 5.42. The molecule has 2 rings (SSSR count). The zero-order valence-electron chi connectivity index (χ0n) is 22.7. The molecule has 8 heteroatoms. The molecule has 3 unspecified atom stereocenters. The van der Waals surface area contributed by atoms with Crippen molar-refractivity contribution in [2.24, 2.45) is 5.92 Å². The maximum atomic E-state index is 14.1. The molecule has 1 aliphatic rings. The molecular weight excluding hydrogens is 446 g/mol. The monoisotopic (exact) mass is 489 g/mol. The van der Waals surface area contributed by atoms with Crippen molar-refractivity contribution >= 4 is 17.9 Å². The molecule has 1 aliphatic carbocycles. The molecule has 1 aromatic rings. The number of benzene rings is 1. The largest absolute Gasteiger partial charge is 0.507 e. The van der Waals surface area contributed by atoms with E-state index in [1.165, 1.54) is 0 Å². The Morgan fingerprint density at radius 3 is 2.23 bits per heavy atom. The number of para-hydroxylation sites is 1. The molecule has 0 radical (unpaired) electrons. The van der Waals surface area contributed by atoms with Crippen molar-refractivity contribution in [1.29, 1.82) is 0 Å². The summed E-state index contributed by atoms with van der Waals surface area (Å²) in [5.74, 6) is -0.949. The molecule has 0 spiro atoms. The quantitative estimate of drug-likeness (QED) is 0.495. The van der Waals surface area contributed by atoms with Gasteiger partial charge < -0.3 is 25.4 Å². The molecule has 0 heterocycles. The Kier molecular flexibility index (Phi) is 8.84. The van der Waals surface area contributed by atoms with E-state index in [4.69, 9.17) is 4.74 Å². The fourth-order valence-corrected chi connectivity index (χ4v) is 3.91. The first-order valence-electron chi connectivity index (χ1n) is 12.5. The van der Waals surface area contributed by atoms with Crippen LogP contribution in [0.15, 0.2) is 18.2 Å². The maximum Gasteiger partial charge on any atom is 0.408 e. The fraction of sp³-hybridized carbons (Fsp3) is 0.667. The predicted octanol–water partition coefficient (Wildman–Crippen LogP) is 4.59. The number of alkyl carbamates (subject to hydrolysis) is 1. The van der Waals surface area contributed by atoms with Crippen LogP contribution in [0.4, 0.5) is 4.79 Å². The molecule has 1 saturated carbocycles. The molecule has 0 aliphatic heterocycles.